The van der Waals surface area contributed by atoms with Crippen LogP contribution in [-0.4, -0.2) is 60.9 Å². The Hall–Kier alpha value is -1.15. The van der Waals surface area contributed by atoms with E-state index in [0.29, 0.717) is 25.4 Å². The summed E-state index contributed by atoms with van der Waals surface area (Å²) >= 11 is 6.14. The first kappa shape index (κ1) is 15.2. The van der Waals surface area contributed by atoms with E-state index < -0.39 is 0 Å². The fourth-order valence-corrected chi connectivity index (χ4v) is 2.49. The zero-order valence-corrected chi connectivity index (χ0v) is 12.1. The first-order valence-electron chi connectivity index (χ1n) is 6.55. The van der Waals surface area contributed by atoms with Gasteiger partial charge in [-0.3, -0.25) is 4.79 Å². The molecule has 8 heteroatoms. The summed E-state index contributed by atoms with van der Waals surface area (Å²) in [6.07, 6.45) is 1.63. The fourth-order valence-electron chi connectivity index (χ4n) is 2.22. The predicted molar refractivity (Wildman–Crippen MR) is 76.5 cm³/mol. The Labute approximate surface area is 122 Å². The molecule has 112 valence electrons. The minimum Gasteiger partial charge on any atom is -0.394 e. The van der Waals surface area contributed by atoms with Crippen molar-refractivity contribution in [3.05, 3.63) is 21.6 Å². The topological polar surface area (TPSA) is 79.6 Å². The van der Waals surface area contributed by atoms with Crippen molar-refractivity contribution in [2.24, 2.45) is 0 Å². The maximum absolute atomic E-state index is 12.0. The highest BCUT2D eigenvalue weighted by atomic mass is 35.5. The number of likely N-dealkylation sites (N-methyl/N-ethyl adjacent to an activating group) is 1. The molecule has 1 atom stereocenters. The average Bonchev–Trinajstić information content (AvgIpc) is 2.45. The summed E-state index contributed by atoms with van der Waals surface area (Å²) in [6.45, 7) is 2.65. The van der Waals surface area contributed by atoms with Crippen molar-refractivity contribution in [2.45, 2.75) is 12.6 Å². The summed E-state index contributed by atoms with van der Waals surface area (Å²) in [5.41, 5.74) is 0.241. The molecule has 0 spiro atoms. The van der Waals surface area contributed by atoms with Crippen LogP contribution in [0, 0.1) is 0 Å². The van der Waals surface area contributed by atoms with Crippen molar-refractivity contribution in [3.8, 4) is 0 Å². The lowest BCUT2D eigenvalue weighted by Crippen LogP contribution is -2.47. The summed E-state index contributed by atoms with van der Waals surface area (Å²) in [7, 11) is 1.87. The van der Waals surface area contributed by atoms with E-state index in [1.54, 1.807) is 6.20 Å². The lowest BCUT2D eigenvalue weighted by atomic mass is 10.2. The number of rotatable bonds is 5. The van der Waals surface area contributed by atoms with Crippen LogP contribution in [0.5, 0.6) is 0 Å². The standard InChI is InChI=1S/C12H19ClN4O3/c1-14-6-9-8-16(3-5-20-9)10-7-15-17(2-4-18)12(19)11(10)13/h7,9,14,18H,2-6,8H2,1H3. The van der Waals surface area contributed by atoms with Gasteiger partial charge in [0.15, 0.2) is 0 Å². The minimum absolute atomic E-state index is 0.0599. The summed E-state index contributed by atoms with van der Waals surface area (Å²) in [4.78, 5) is 14.0. The molecule has 0 aromatic carbocycles. The van der Waals surface area contributed by atoms with E-state index in [-0.39, 0.29) is 29.8 Å². The number of hydrogen-bond donors (Lipinski definition) is 2. The number of morpholine rings is 1. The van der Waals surface area contributed by atoms with Gasteiger partial charge >= 0.3 is 0 Å². The van der Waals surface area contributed by atoms with Gasteiger partial charge in [-0.05, 0) is 7.05 Å². The van der Waals surface area contributed by atoms with Crippen molar-refractivity contribution >= 4 is 17.3 Å². The predicted octanol–water partition coefficient (Wildman–Crippen LogP) is -0.686. The molecule has 0 aliphatic carbocycles. The molecule has 0 radical (unpaired) electrons. The summed E-state index contributed by atoms with van der Waals surface area (Å²) in [5, 5.41) is 16.1. The molecule has 0 saturated carbocycles. The minimum atomic E-state index is -0.380. The molecule has 1 aromatic rings. The molecule has 1 unspecified atom stereocenters. The third kappa shape index (κ3) is 3.29. The highest BCUT2D eigenvalue weighted by molar-refractivity contribution is 6.33. The van der Waals surface area contributed by atoms with Gasteiger partial charge in [0.1, 0.15) is 5.02 Å². The van der Waals surface area contributed by atoms with Crippen molar-refractivity contribution < 1.29 is 9.84 Å². The van der Waals surface area contributed by atoms with Gasteiger partial charge in [0.25, 0.3) is 5.56 Å². The number of aromatic nitrogens is 2. The molecule has 1 saturated heterocycles. The smallest absolute Gasteiger partial charge is 0.287 e. The van der Waals surface area contributed by atoms with Gasteiger partial charge < -0.3 is 20.1 Å². The van der Waals surface area contributed by atoms with E-state index >= 15 is 0 Å². The van der Waals surface area contributed by atoms with Crippen LogP contribution in [0.2, 0.25) is 5.02 Å². The Bertz CT molecular complexity index is 506. The molecule has 0 bridgehead atoms. The van der Waals surface area contributed by atoms with Crippen LogP contribution < -0.4 is 15.8 Å². The van der Waals surface area contributed by atoms with Crippen molar-refractivity contribution in [2.75, 3.05) is 44.8 Å². The summed E-state index contributed by atoms with van der Waals surface area (Å²) < 4.78 is 6.78. The Morgan fingerprint density at radius 1 is 1.65 bits per heavy atom. The van der Waals surface area contributed by atoms with Gasteiger partial charge in [0, 0.05) is 19.6 Å². The van der Waals surface area contributed by atoms with E-state index in [2.05, 4.69) is 10.4 Å². The first-order chi connectivity index (χ1) is 9.67. The maximum Gasteiger partial charge on any atom is 0.287 e. The second-order valence-corrected chi connectivity index (χ2v) is 4.97. The zero-order chi connectivity index (χ0) is 14.5. The number of aliphatic hydroxyl groups is 1. The zero-order valence-electron chi connectivity index (χ0n) is 11.4. The SMILES string of the molecule is CNCC1CN(c2cnn(CCO)c(=O)c2Cl)CCO1. The lowest BCUT2D eigenvalue weighted by Gasteiger charge is -2.34. The van der Waals surface area contributed by atoms with Crippen LogP contribution in [0.25, 0.3) is 0 Å². The van der Waals surface area contributed by atoms with Gasteiger partial charge in [-0.25, -0.2) is 4.68 Å². The normalized spacial score (nSPS) is 19.4. The van der Waals surface area contributed by atoms with Crippen LogP contribution in [0.1, 0.15) is 0 Å². The van der Waals surface area contributed by atoms with Crippen LogP contribution in [0.4, 0.5) is 5.69 Å². The van der Waals surface area contributed by atoms with E-state index in [1.165, 1.54) is 0 Å². The number of nitrogens with zero attached hydrogens (tertiary/aromatic N) is 3. The first-order valence-corrected chi connectivity index (χ1v) is 6.92. The van der Waals surface area contributed by atoms with E-state index in [4.69, 9.17) is 21.4 Å². The highest BCUT2D eigenvalue weighted by Gasteiger charge is 2.23. The molecule has 0 amide bonds. The van der Waals surface area contributed by atoms with E-state index in [9.17, 15) is 4.79 Å². The molecule has 1 fully saturated rings. The van der Waals surface area contributed by atoms with Crippen molar-refractivity contribution in [3.63, 3.8) is 0 Å². The molecule has 7 nitrogen and oxygen atoms in total. The number of ether oxygens (including phenoxy) is 1. The molecule has 2 rings (SSSR count). The molecule has 1 aliphatic rings. The van der Waals surface area contributed by atoms with Crippen LogP contribution in [0.3, 0.4) is 0 Å². The molecule has 1 aromatic heterocycles. The Morgan fingerprint density at radius 2 is 2.45 bits per heavy atom. The number of anilines is 1. The summed E-state index contributed by atoms with van der Waals surface area (Å²) in [5.74, 6) is 0. The van der Waals surface area contributed by atoms with Crippen molar-refractivity contribution in [1.82, 2.24) is 15.1 Å². The number of halogens is 1. The molecular weight excluding hydrogens is 284 g/mol. The maximum atomic E-state index is 12.0. The van der Waals surface area contributed by atoms with Gasteiger partial charge in [-0.15, -0.1) is 0 Å². The van der Waals surface area contributed by atoms with E-state index in [1.807, 2.05) is 11.9 Å². The number of hydrogen-bond acceptors (Lipinski definition) is 6. The Kier molecular flexibility index (Phi) is 5.36. The Balaban J connectivity index is 2.20. The number of aliphatic hydroxyl groups excluding tert-OH is 1. The fraction of sp³-hybridized carbons (Fsp3) is 0.667. The van der Waals surface area contributed by atoms with Crippen LogP contribution in [-0.2, 0) is 11.3 Å². The largest absolute Gasteiger partial charge is 0.394 e. The average molecular weight is 303 g/mol. The third-order valence-electron chi connectivity index (χ3n) is 3.19. The van der Waals surface area contributed by atoms with Gasteiger partial charge in [0.2, 0.25) is 0 Å². The molecular formula is C12H19ClN4O3. The lowest BCUT2D eigenvalue weighted by molar-refractivity contribution is 0.0421. The molecule has 20 heavy (non-hydrogen) atoms. The molecule has 2 heterocycles. The summed E-state index contributed by atoms with van der Waals surface area (Å²) in [6, 6.07) is 0. The highest BCUT2D eigenvalue weighted by Crippen LogP contribution is 2.23. The third-order valence-corrected chi connectivity index (χ3v) is 3.54. The second kappa shape index (κ2) is 7.03. The van der Waals surface area contributed by atoms with Gasteiger partial charge in [0.05, 0.1) is 37.7 Å². The van der Waals surface area contributed by atoms with Crippen molar-refractivity contribution in [1.29, 1.82) is 0 Å². The molecule has 2 N–H and O–H groups in total. The second-order valence-electron chi connectivity index (χ2n) is 4.59. The van der Waals surface area contributed by atoms with Crippen LogP contribution in [0.15, 0.2) is 11.0 Å². The van der Waals surface area contributed by atoms with Crippen LogP contribution >= 0.6 is 11.6 Å². The Morgan fingerprint density at radius 3 is 3.15 bits per heavy atom. The van der Waals surface area contributed by atoms with E-state index in [0.717, 1.165) is 11.2 Å². The quantitative estimate of drug-likeness (QED) is 0.750. The number of nitrogens with one attached hydrogen (secondary N) is 1. The monoisotopic (exact) mass is 302 g/mol. The molecule has 1 aliphatic heterocycles. The van der Waals surface area contributed by atoms with Gasteiger partial charge in [-0.2, -0.15) is 5.10 Å². The van der Waals surface area contributed by atoms with Gasteiger partial charge in [-0.1, -0.05) is 11.6 Å².